The molecule has 186 valence electrons. The molecule has 0 bridgehead atoms. The summed E-state index contributed by atoms with van der Waals surface area (Å²) in [5.41, 5.74) is 4.92. The zero-order valence-corrected chi connectivity index (χ0v) is 21.3. The van der Waals surface area contributed by atoms with Gasteiger partial charge in [0.2, 0.25) is 0 Å². The Morgan fingerprint density at radius 1 is 1.14 bits per heavy atom. The van der Waals surface area contributed by atoms with Crippen molar-refractivity contribution in [3.05, 3.63) is 64.7 Å². The Hall–Kier alpha value is -2.80. The number of fused-ring (bicyclic) bond motifs is 1. The highest BCUT2D eigenvalue weighted by Crippen LogP contribution is 2.30. The number of anilines is 1. The van der Waals surface area contributed by atoms with Gasteiger partial charge in [0.15, 0.2) is 0 Å². The minimum Gasteiger partial charge on any atom is -0.466 e. The second-order valence-corrected chi connectivity index (χ2v) is 10.5. The number of hydrazone groups is 1. The van der Waals surface area contributed by atoms with Crippen molar-refractivity contribution >= 4 is 35.5 Å². The topological polar surface area (TPSA) is 71.0 Å². The van der Waals surface area contributed by atoms with E-state index >= 15 is 0 Å². The van der Waals surface area contributed by atoms with Crippen LogP contribution in [0.4, 0.5) is 5.69 Å². The lowest BCUT2D eigenvalue weighted by Crippen LogP contribution is -2.27. The Morgan fingerprint density at radius 2 is 1.94 bits per heavy atom. The van der Waals surface area contributed by atoms with E-state index in [-0.39, 0.29) is 11.9 Å². The molecule has 0 radical (unpaired) electrons. The number of thioether (sulfide) groups is 1. The van der Waals surface area contributed by atoms with Crippen LogP contribution in [0.25, 0.3) is 0 Å². The molecular formula is C28H35N3O3S. The standard InChI is InChI=1S/C28H35N3O3S/c1-2-3-14-34-27(32)18-22-6-9-25-19-26(11-10-24(25)17-22)30-28(33)23-7-4-21(5-8-23)20-29-31-12-15-35-16-13-31/h4-5,7-8,10-11,19-20,22H,2-3,6,9,12-18H2,1H3,(H,30,33)/b29-20+. The SMILES string of the molecule is CCCCOC(=O)CC1CCc2cc(NC(=O)c3ccc(/C=N/N4CCSCC4)cc3)ccc2C1. The van der Waals surface area contributed by atoms with Gasteiger partial charge >= 0.3 is 5.97 Å². The summed E-state index contributed by atoms with van der Waals surface area (Å²) < 4.78 is 5.33. The normalized spacial score (nSPS) is 17.7. The highest BCUT2D eigenvalue weighted by molar-refractivity contribution is 7.99. The highest BCUT2D eigenvalue weighted by atomic mass is 32.2. The number of hydrogen-bond acceptors (Lipinski definition) is 6. The molecule has 35 heavy (non-hydrogen) atoms. The van der Waals surface area contributed by atoms with Crippen LogP contribution in [0.1, 0.15) is 59.7 Å². The Balaban J connectivity index is 1.28. The molecule has 6 nitrogen and oxygen atoms in total. The first-order valence-electron chi connectivity index (χ1n) is 12.7. The maximum atomic E-state index is 12.8. The molecule has 1 amide bonds. The summed E-state index contributed by atoms with van der Waals surface area (Å²) in [5.74, 6) is 2.36. The van der Waals surface area contributed by atoms with Crippen LogP contribution >= 0.6 is 11.8 Å². The minimum absolute atomic E-state index is 0.0846. The summed E-state index contributed by atoms with van der Waals surface area (Å²) in [6.07, 6.45) is 7.05. The summed E-state index contributed by atoms with van der Waals surface area (Å²) >= 11 is 1.96. The van der Waals surface area contributed by atoms with E-state index in [1.165, 1.54) is 11.1 Å². The number of amides is 1. The maximum Gasteiger partial charge on any atom is 0.306 e. The van der Waals surface area contributed by atoms with E-state index in [4.69, 9.17) is 4.74 Å². The van der Waals surface area contributed by atoms with Crippen molar-refractivity contribution in [2.24, 2.45) is 11.0 Å². The fourth-order valence-electron chi connectivity index (χ4n) is 4.45. The summed E-state index contributed by atoms with van der Waals surface area (Å²) in [6.45, 7) is 4.57. The van der Waals surface area contributed by atoms with Crippen LogP contribution in [0, 0.1) is 5.92 Å². The minimum atomic E-state index is -0.120. The number of ether oxygens (including phenoxy) is 1. The van der Waals surface area contributed by atoms with Crippen molar-refractivity contribution in [2.75, 3.05) is 36.5 Å². The molecule has 1 heterocycles. The van der Waals surface area contributed by atoms with Gasteiger partial charge in [0.1, 0.15) is 0 Å². The van der Waals surface area contributed by atoms with E-state index in [1.54, 1.807) is 0 Å². The monoisotopic (exact) mass is 493 g/mol. The number of esters is 1. The van der Waals surface area contributed by atoms with Crippen LogP contribution in [-0.4, -0.2) is 54.3 Å². The molecule has 2 aliphatic rings. The van der Waals surface area contributed by atoms with Crippen LogP contribution < -0.4 is 5.32 Å². The fourth-order valence-corrected chi connectivity index (χ4v) is 5.33. The van der Waals surface area contributed by atoms with Crippen molar-refractivity contribution in [3.8, 4) is 0 Å². The van der Waals surface area contributed by atoms with Crippen molar-refractivity contribution in [2.45, 2.75) is 45.4 Å². The van der Waals surface area contributed by atoms with Gasteiger partial charge in [0.25, 0.3) is 5.91 Å². The maximum absolute atomic E-state index is 12.8. The van der Waals surface area contributed by atoms with Crippen molar-refractivity contribution < 1.29 is 14.3 Å². The first kappa shape index (κ1) is 25.3. The predicted octanol–water partition coefficient (Wildman–Crippen LogP) is 5.16. The van der Waals surface area contributed by atoms with Crippen LogP contribution in [0.15, 0.2) is 47.6 Å². The predicted molar refractivity (Wildman–Crippen MR) is 143 cm³/mol. The van der Waals surface area contributed by atoms with Crippen LogP contribution in [-0.2, 0) is 22.4 Å². The van der Waals surface area contributed by atoms with E-state index < -0.39 is 0 Å². The van der Waals surface area contributed by atoms with E-state index in [2.05, 4.69) is 34.5 Å². The lowest BCUT2D eigenvalue weighted by molar-refractivity contribution is -0.145. The lowest BCUT2D eigenvalue weighted by atomic mass is 9.82. The Morgan fingerprint density at radius 3 is 2.71 bits per heavy atom. The van der Waals surface area contributed by atoms with Crippen LogP contribution in [0.2, 0.25) is 0 Å². The molecule has 0 spiro atoms. The molecule has 2 aromatic rings. The molecule has 1 aliphatic heterocycles. The van der Waals surface area contributed by atoms with Crippen molar-refractivity contribution in [1.82, 2.24) is 5.01 Å². The first-order valence-corrected chi connectivity index (χ1v) is 13.8. The number of carbonyl (C=O) groups excluding carboxylic acids is 2. The second kappa shape index (κ2) is 12.8. The first-order chi connectivity index (χ1) is 17.1. The Kier molecular flexibility index (Phi) is 9.23. The second-order valence-electron chi connectivity index (χ2n) is 9.26. The van der Waals surface area contributed by atoms with Crippen molar-refractivity contribution in [1.29, 1.82) is 0 Å². The van der Waals surface area contributed by atoms with Crippen molar-refractivity contribution in [3.63, 3.8) is 0 Å². The number of carbonyl (C=O) groups is 2. The molecule has 1 atom stereocenters. The molecule has 0 saturated carbocycles. The third kappa shape index (κ3) is 7.59. The number of benzene rings is 2. The molecule has 1 N–H and O–H groups in total. The van der Waals surface area contributed by atoms with Crippen LogP contribution in [0.5, 0.6) is 0 Å². The molecule has 2 aromatic carbocycles. The van der Waals surface area contributed by atoms with E-state index in [1.807, 2.05) is 48.3 Å². The quantitative estimate of drug-likeness (QED) is 0.297. The largest absolute Gasteiger partial charge is 0.466 e. The summed E-state index contributed by atoms with van der Waals surface area (Å²) in [5, 5.41) is 9.66. The number of hydrogen-bond donors (Lipinski definition) is 1. The Bertz CT molecular complexity index is 1030. The van der Waals surface area contributed by atoms with E-state index in [9.17, 15) is 9.59 Å². The van der Waals surface area contributed by atoms with Gasteiger partial charge in [0, 0.05) is 42.3 Å². The summed E-state index contributed by atoms with van der Waals surface area (Å²) in [4.78, 5) is 24.8. The third-order valence-electron chi connectivity index (χ3n) is 6.54. The molecular weight excluding hydrogens is 458 g/mol. The molecule has 1 aliphatic carbocycles. The molecule has 1 saturated heterocycles. The van der Waals surface area contributed by atoms with Gasteiger partial charge in [-0.25, -0.2) is 0 Å². The van der Waals surface area contributed by atoms with Gasteiger partial charge in [-0.05, 0) is 72.6 Å². The molecule has 1 fully saturated rings. The number of rotatable bonds is 9. The summed E-state index contributed by atoms with van der Waals surface area (Å²) in [7, 11) is 0. The zero-order valence-electron chi connectivity index (χ0n) is 20.5. The molecule has 7 heteroatoms. The highest BCUT2D eigenvalue weighted by Gasteiger charge is 2.22. The smallest absolute Gasteiger partial charge is 0.306 e. The number of aryl methyl sites for hydroxylation is 1. The van der Waals surface area contributed by atoms with Gasteiger partial charge in [0.05, 0.1) is 12.8 Å². The van der Waals surface area contributed by atoms with Gasteiger partial charge in [-0.2, -0.15) is 16.9 Å². The van der Waals surface area contributed by atoms with Gasteiger partial charge in [-0.15, -0.1) is 0 Å². The number of nitrogens with one attached hydrogen (secondary N) is 1. The van der Waals surface area contributed by atoms with E-state index in [0.29, 0.717) is 24.5 Å². The lowest BCUT2D eigenvalue weighted by Gasteiger charge is -2.24. The number of nitrogens with zero attached hydrogens (tertiary/aromatic N) is 2. The van der Waals surface area contributed by atoms with Gasteiger partial charge < -0.3 is 10.1 Å². The fraction of sp³-hybridized carbons (Fsp3) is 0.464. The number of unbranched alkanes of at least 4 members (excludes halogenated alkanes) is 1. The van der Waals surface area contributed by atoms with Crippen LogP contribution in [0.3, 0.4) is 0 Å². The average molecular weight is 494 g/mol. The Labute approximate surface area is 212 Å². The molecule has 1 unspecified atom stereocenters. The van der Waals surface area contributed by atoms with Gasteiger partial charge in [-0.3, -0.25) is 14.6 Å². The average Bonchev–Trinajstić information content (AvgIpc) is 2.88. The summed E-state index contributed by atoms with van der Waals surface area (Å²) in [6, 6.07) is 13.6. The molecule has 0 aromatic heterocycles. The third-order valence-corrected chi connectivity index (χ3v) is 7.48. The molecule has 4 rings (SSSR count). The van der Waals surface area contributed by atoms with Gasteiger partial charge in [-0.1, -0.05) is 31.5 Å². The zero-order chi connectivity index (χ0) is 24.5. The van der Waals surface area contributed by atoms with E-state index in [0.717, 1.165) is 68.0 Å².